The van der Waals surface area contributed by atoms with Gasteiger partial charge in [0.25, 0.3) is 5.91 Å². The standard InChI is InChI=1S/C27H26FN3O4S.ClH/c1-3-17-13-21(36(2,33)34)6-7-22(17)27(32)31-10-11-35-25-9-5-18(12-20(25)16-31)19-4-8-23-24(14-19)30-26(15-28)29-23;/h4-9,12-14H,3,10-11,15-16H2,1-2H3,(H,29,30);1H. The van der Waals surface area contributed by atoms with Gasteiger partial charge in [-0.25, -0.2) is 17.8 Å². The third-order valence-electron chi connectivity index (χ3n) is 6.43. The smallest absolute Gasteiger partial charge is 0.254 e. The number of halogens is 2. The molecule has 0 spiro atoms. The number of sulfone groups is 1. The molecule has 0 fully saturated rings. The second kappa shape index (κ2) is 10.5. The number of nitrogens with one attached hydrogen (secondary N) is 1. The maximum Gasteiger partial charge on any atom is 0.254 e. The molecule has 37 heavy (non-hydrogen) atoms. The second-order valence-corrected chi connectivity index (χ2v) is 10.9. The average Bonchev–Trinajstić information content (AvgIpc) is 3.17. The Morgan fingerprint density at radius 2 is 1.86 bits per heavy atom. The van der Waals surface area contributed by atoms with E-state index in [2.05, 4.69) is 9.97 Å². The highest BCUT2D eigenvalue weighted by molar-refractivity contribution is 7.90. The zero-order valence-electron chi connectivity index (χ0n) is 20.5. The number of H-pyrrole nitrogens is 1. The third-order valence-corrected chi connectivity index (χ3v) is 7.54. The second-order valence-electron chi connectivity index (χ2n) is 8.89. The lowest BCUT2D eigenvalue weighted by molar-refractivity contribution is 0.0732. The van der Waals surface area contributed by atoms with Crippen molar-refractivity contribution in [3.8, 4) is 16.9 Å². The van der Waals surface area contributed by atoms with Crippen LogP contribution in [0.3, 0.4) is 0 Å². The van der Waals surface area contributed by atoms with Gasteiger partial charge in [0.1, 0.15) is 24.9 Å². The molecule has 3 aromatic carbocycles. The van der Waals surface area contributed by atoms with E-state index < -0.39 is 16.5 Å². The summed E-state index contributed by atoms with van der Waals surface area (Å²) >= 11 is 0. The van der Waals surface area contributed by atoms with Gasteiger partial charge < -0.3 is 14.6 Å². The summed E-state index contributed by atoms with van der Waals surface area (Å²) in [4.78, 5) is 22.7. The summed E-state index contributed by atoms with van der Waals surface area (Å²) in [5.41, 5.74) is 5.41. The van der Waals surface area contributed by atoms with Gasteiger partial charge in [0.05, 0.1) is 22.5 Å². The van der Waals surface area contributed by atoms with Crippen LogP contribution in [0.2, 0.25) is 0 Å². The molecule has 1 amide bonds. The van der Waals surface area contributed by atoms with Crippen LogP contribution in [-0.4, -0.2) is 48.6 Å². The Bertz CT molecular complexity index is 1590. The number of carbonyl (C=O) groups is 1. The predicted octanol–water partition coefficient (Wildman–Crippen LogP) is 5.12. The first-order valence-corrected chi connectivity index (χ1v) is 13.6. The Kier molecular flexibility index (Phi) is 7.57. The molecule has 10 heteroatoms. The number of aromatic amines is 1. The lowest BCUT2D eigenvalue weighted by Gasteiger charge is -2.22. The van der Waals surface area contributed by atoms with Crippen LogP contribution in [-0.2, 0) is 29.5 Å². The fraction of sp³-hybridized carbons (Fsp3) is 0.259. The van der Waals surface area contributed by atoms with Gasteiger partial charge in [-0.15, -0.1) is 12.4 Å². The number of fused-ring (bicyclic) bond motifs is 2. The molecule has 0 radical (unpaired) electrons. The lowest BCUT2D eigenvalue weighted by atomic mass is 10.0. The van der Waals surface area contributed by atoms with Crippen LogP contribution in [0.25, 0.3) is 22.2 Å². The molecule has 2 heterocycles. The van der Waals surface area contributed by atoms with E-state index in [1.165, 1.54) is 6.07 Å². The zero-order chi connectivity index (χ0) is 25.4. The lowest BCUT2D eigenvalue weighted by Crippen LogP contribution is -2.33. The molecular formula is C27H27ClFN3O4S. The molecule has 7 nitrogen and oxygen atoms in total. The van der Waals surface area contributed by atoms with E-state index in [1.807, 2.05) is 43.3 Å². The molecule has 1 aliphatic heterocycles. The third kappa shape index (κ3) is 5.33. The van der Waals surface area contributed by atoms with Gasteiger partial charge in [-0.2, -0.15) is 0 Å². The maximum atomic E-state index is 13.5. The first-order valence-electron chi connectivity index (χ1n) is 11.7. The summed E-state index contributed by atoms with van der Waals surface area (Å²) in [5.74, 6) is 0.855. The molecule has 5 rings (SSSR count). The number of aromatic nitrogens is 2. The Hall–Kier alpha value is -3.43. The molecule has 1 aliphatic rings. The Balaban J connectivity index is 0.00000320. The van der Waals surface area contributed by atoms with Crippen LogP contribution >= 0.6 is 12.4 Å². The molecule has 0 saturated heterocycles. The fourth-order valence-corrected chi connectivity index (χ4v) is 5.20. The van der Waals surface area contributed by atoms with E-state index in [9.17, 15) is 17.6 Å². The van der Waals surface area contributed by atoms with Crippen LogP contribution in [0, 0.1) is 0 Å². The van der Waals surface area contributed by atoms with E-state index in [-0.39, 0.29) is 23.2 Å². The Morgan fingerprint density at radius 1 is 1.11 bits per heavy atom. The molecule has 1 aromatic heterocycles. The number of imidazole rings is 1. The topological polar surface area (TPSA) is 92.4 Å². The van der Waals surface area contributed by atoms with E-state index in [0.29, 0.717) is 48.6 Å². The maximum absolute atomic E-state index is 13.5. The van der Waals surface area contributed by atoms with Gasteiger partial charge in [-0.3, -0.25) is 4.79 Å². The van der Waals surface area contributed by atoms with Crippen molar-refractivity contribution >= 4 is 39.2 Å². The minimum atomic E-state index is -3.36. The van der Waals surface area contributed by atoms with Gasteiger partial charge in [0.2, 0.25) is 0 Å². The van der Waals surface area contributed by atoms with Crippen molar-refractivity contribution in [2.24, 2.45) is 0 Å². The summed E-state index contributed by atoms with van der Waals surface area (Å²) in [7, 11) is -3.36. The van der Waals surface area contributed by atoms with Crippen molar-refractivity contribution in [3.05, 3.63) is 77.1 Å². The monoisotopic (exact) mass is 543 g/mol. The van der Waals surface area contributed by atoms with Crippen LogP contribution < -0.4 is 4.74 Å². The van der Waals surface area contributed by atoms with E-state index in [4.69, 9.17) is 4.74 Å². The van der Waals surface area contributed by atoms with Crippen molar-refractivity contribution in [1.82, 2.24) is 14.9 Å². The van der Waals surface area contributed by atoms with Gasteiger partial charge in [-0.1, -0.05) is 19.1 Å². The summed E-state index contributed by atoms with van der Waals surface area (Å²) in [5, 5.41) is 0. The number of rotatable bonds is 5. The van der Waals surface area contributed by atoms with Crippen molar-refractivity contribution in [3.63, 3.8) is 0 Å². The van der Waals surface area contributed by atoms with E-state index >= 15 is 0 Å². The van der Waals surface area contributed by atoms with E-state index in [1.54, 1.807) is 17.0 Å². The fourth-order valence-electron chi connectivity index (χ4n) is 4.52. The molecule has 194 valence electrons. The highest BCUT2D eigenvalue weighted by atomic mass is 35.5. The molecular weight excluding hydrogens is 517 g/mol. The van der Waals surface area contributed by atoms with Gasteiger partial charge >= 0.3 is 0 Å². The molecule has 0 unspecified atom stereocenters. The number of ether oxygens (including phenoxy) is 1. The summed E-state index contributed by atoms with van der Waals surface area (Å²) in [6.45, 7) is 2.37. The van der Waals surface area contributed by atoms with Gasteiger partial charge in [0, 0.05) is 23.9 Å². The number of alkyl halides is 1. The molecule has 4 aromatic rings. The molecule has 0 atom stereocenters. The number of aryl methyl sites for hydroxylation is 1. The Labute approximate surface area is 221 Å². The largest absolute Gasteiger partial charge is 0.491 e. The Morgan fingerprint density at radius 3 is 2.59 bits per heavy atom. The quantitative estimate of drug-likeness (QED) is 0.377. The summed E-state index contributed by atoms with van der Waals surface area (Å²) in [6.07, 6.45) is 1.70. The molecule has 0 saturated carbocycles. The van der Waals surface area contributed by atoms with E-state index in [0.717, 1.165) is 34.2 Å². The highest BCUT2D eigenvalue weighted by Crippen LogP contribution is 2.31. The number of carbonyl (C=O) groups excluding carboxylic acids is 1. The number of nitrogens with zero attached hydrogens (tertiary/aromatic N) is 2. The first-order chi connectivity index (χ1) is 17.3. The van der Waals surface area contributed by atoms with Crippen LogP contribution in [0.5, 0.6) is 5.75 Å². The average molecular weight is 544 g/mol. The number of benzene rings is 3. The minimum absolute atomic E-state index is 0. The predicted molar refractivity (Wildman–Crippen MR) is 143 cm³/mol. The van der Waals surface area contributed by atoms with Gasteiger partial charge in [-0.05, 0) is 65.6 Å². The van der Waals surface area contributed by atoms with Gasteiger partial charge in [0.15, 0.2) is 9.84 Å². The molecule has 1 N–H and O–H groups in total. The van der Waals surface area contributed by atoms with Crippen LogP contribution in [0.15, 0.2) is 59.5 Å². The highest BCUT2D eigenvalue weighted by Gasteiger charge is 2.24. The van der Waals surface area contributed by atoms with Crippen LogP contribution in [0.1, 0.15) is 34.2 Å². The summed E-state index contributed by atoms with van der Waals surface area (Å²) in [6, 6.07) is 16.3. The summed E-state index contributed by atoms with van der Waals surface area (Å²) < 4.78 is 42.9. The SMILES string of the molecule is CCc1cc(S(C)(=O)=O)ccc1C(=O)N1CCOc2ccc(-c3ccc4nc(CF)[nH]c4c3)cc2C1.Cl. The number of hydrogen-bond donors (Lipinski definition) is 1. The van der Waals surface area contributed by atoms with Crippen molar-refractivity contribution < 1.29 is 22.3 Å². The zero-order valence-corrected chi connectivity index (χ0v) is 22.1. The first kappa shape index (κ1) is 26.6. The normalized spacial score (nSPS) is 13.4. The molecule has 0 bridgehead atoms. The molecule has 0 aliphatic carbocycles. The van der Waals surface area contributed by atoms with Crippen molar-refractivity contribution in [1.29, 1.82) is 0 Å². The minimum Gasteiger partial charge on any atom is -0.491 e. The van der Waals surface area contributed by atoms with Crippen molar-refractivity contribution in [2.45, 2.75) is 31.5 Å². The van der Waals surface area contributed by atoms with Crippen molar-refractivity contribution in [2.75, 3.05) is 19.4 Å². The van der Waals surface area contributed by atoms with Crippen LogP contribution in [0.4, 0.5) is 4.39 Å². The number of hydrogen-bond acceptors (Lipinski definition) is 5. The number of amides is 1.